The average molecular weight is 1280 g/mol. The maximum Gasteiger partial charge on any atom is 0.252 e. The number of rotatable bonds is 13. The molecule has 0 spiro atoms. The first-order chi connectivity index (χ1) is 49.0. The van der Waals surface area contributed by atoms with Crippen LogP contribution in [0.2, 0.25) is 0 Å². The number of fused-ring (bicyclic) bond motifs is 4. The Labute approximate surface area is 587 Å². The Morgan fingerprint density at radius 3 is 0.929 bits per heavy atom. The second-order valence-electron chi connectivity index (χ2n) is 29.9. The minimum atomic E-state index is -0.0310. The largest absolute Gasteiger partial charge is 0.311 e. The highest BCUT2D eigenvalue weighted by Crippen LogP contribution is 2.53. The Morgan fingerprint density at radius 1 is 0.253 bits per heavy atom. The van der Waals surface area contributed by atoms with Gasteiger partial charge in [0.25, 0.3) is 6.71 Å². The molecule has 486 valence electrons. The molecule has 3 heterocycles. The number of aromatic nitrogens is 2. The van der Waals surface area contributed by atoms with Crippen LogP contribution in [0.3, 0.4) is 0 Å². The van der Waals surface area contributed by atoms with E-state index in [4.69, 9.17) is 9.97 Å². The Hall–Kier alpha value is -9.84. The van der Waals surface area contributed by atoms with E-state index in [1.54, 1.807) is 0 Å². The summed E-state index contributed by atoms with van der Waals surface area (Å²) in [5.41, 5.74) is 28.3. The van der Waals surface area contributed by atoms with Crippen LogP contribution in [0.15, 0.2) is 285 Å². The summed E-state index contributed by atoms with van der Waals surface area (Å²) in [5.74, 6) is 3.79. The van der Waals surface area contributed by atoms with Gasteiger partial charge in [0.1, 0.15) is 0 Å². The standard InChI is InChI=1S/C94H87BN4/c1-9-25-64(26-10-1)72-41-47-83(48-42-72)98-89-59-74(66-29-13-3-14-30-66)45-51-85(89)95-86-52-46-75(67-31-15-4-16-32-67)60-90(86)99(84-49-43-73(44-50-84)65-27-11-2-12-28-65)92-62-82(61-91(98)93(92)95)94-96-87(80-55-76(68-33-17-5-18-34-68)53-77(56-80)69-35-19-6-20-36-69)63-88(97-94)81-57-78(70-37-21-7-22-38-70)54-79(58-81)71-39-23-8-24-40-71/h1-2,5-12,17-28,33-52,59-63,66-67,76-81H,3-4,13-16,29-32,53-58H2. The van der Waals surface area contributed by atoms with Gasteiger partial charge in [-0.2, -0.15) is 0 Å². The summed E-state index contributed by atoms with van der Waals surface area (Å²) in [6.45, 7) is -0.0310. The van der Waals surface area contributed by atoms with Crippen molar-refractivity contribution in [1.82, 2.24) is 9.97 Å². The van der Waals surface area contributed by atoms with Gasteiger partial charge in [-0.25, -0.2) is 9.97 Å². The molecule has 4 nitrogen and oxygen atoms in total. The molecule has 18 rings (SSSR count). The van der Waals surface area contributed by atoms with Crippen LogP contribution < -0.4 is 26.2 Å². The average Bonchev–Trinajstić information content (AvgIpc) is 0.695. The molecule has 1 aromatic heterocycles. The molecule has 4 unspecified atom stereocenters. The molecule has 11 aromatic carbocycles. The molecule has 0 saturated heterocycles. The maximum absolute atomic E-state index is 6.17. The first kappa shape index (κ1) is 61.5. The zero-order chi connectivity index (χ0) is 65.6. The molecule has 0 N–H and O–H groups in total. The molecular weight excluding hydrogens is 1200 g/mol. The van der Waals surface area contributed by atoms with Gasteiger partial charge in [-0.15, -0.1) is 0 Å². The molecular formula is C94H87BN4. The molecule has 0 bridgehead atoms. The molecule has 6 aliphatic rings. The molecule has 4 atom stereocenters. The summed E-state index contributed by atoms with van der Waals surface area (Å²) in [4.78, 5) is 17.7. The van der Waals surface area contributed by atoms with Crippen molar-refractivity contribution in [2.75, 3.05) is 9.80 Å². The second-order valence-corrected chi connectivity index (χ2v) is 29.9. The molecule has 4 fully saturated rings. The molecule has 5 heteroatoms. The molecule has 0 radical (unpaired) electrons. The Morgan fingerprint density at radius 2 is 0.576 bits per heavy atom. The van der Waals surface area contributed by atoms with E-state index in [9.17, 15) is 0 Å². The third kappa shape index (κ3) is 12.1. The Balaban J connectivity index is 0.891. The van der Waals surface area contributed by atoms with Gasteiger partial charge < -0.3 is 9.80 Å². The number of nitrogens with zero attached hydrogens (tertiary/aromatic N) is 4. The summed E-state index contributed by atoms with van der Waals surface area (Å²) >= 11 is 0. The molecule has 4 aliphatic carbocycles. The third-order valence-electron chi connectivity index (χ3n) is 24.1. The quantitative estimate of drug-likeness (QED) is 0.108. The van der Waals surface area contributed by atoms with Gasteiger partial charge in [-0.05, 0) is 226 Å². The van der Waals surface area contributed by atoms with E-state index >= 15 is 0 Å². The lowest BCUT2D eigenvalue weighted by atomic mass is 9.33. The van der Waals surface area contributed by atoms with Gasteiger partial charge >= 0.3 is 0 Å². The van der Waals surface area contributed by atoms with Crippen LogP contribution in [-0.4, -0.2) is 16.7 Å². The van der Waals surface area contributed by atoms with Gasteiger partial charge in [0.05, 0.1) is 0 Å². The van der Waals surface area contributed by atoms with E-state index in [0.717, 1.165) is 61.3 Å². The highest BCUT2D eigenvalue weighted by molar-refractivity contribution is 7.00. The minimum Gasteiger partial charge on any atom is -0.311 e. The fourth-order valence-corrected chi connectivity index (χ4v) is 19.1. The van der Waals surface area contributed by atoms with Crippen molar-refractivity contribution in [3.05, 3.63) is 330 Å². The lowest BCUT2D eigenvalue weighted by molar-refractivity contribution is 0.340. The minimum absolute atomic E-state index is 0.0310. The van der Waals surface area contributed by atoms with E-state index < -0.39 is 0 Å². The van der Waals surface area contributed by atoms with Gasteiger partial charge in [0, 0.05) is 62.9 Å². The van der Waals surface area contributed by atoms with E-state index in [1.807, 2.05) is 0 Å². The van der Waals surface area contributed by atoms with Crippen LogP contribution in [0, 0.1) is 0 Å². The predicted molar refractivity (Wildman–Crippen MR) is 414 cm³/mol. The van der Waals surface area contributed by atoms with Crippen LogP contribution in [0.5, 0.6) is 0 Å². The van der Waals surface area contributed by atoms with Crippen LogP contribution in [0.1, 0.15) is 195 Å². The molecule has 4 saturated carbocycles. The Bertz CT molecular complexity index is 4390. The summed E-state index contributed by atoms with van der Waals surface area (Å²) in [6, 6.07) is 110. The van der Waals surface area contributed by atoms with Crippen molar-refractivity contribution in [3.63, 3.8) is 0 Å². The fourth-order valence-electron chi connectivity index (χ4n) is 19.1. The third-order valence-corrected chi connectivity index (χ3v) is 24.1. The van der Waals surface area contributed by atoms with Crippen LogP contribution in [0.4, 0.5) is 34.1 Å². The topological polar surface area (TPSA) is 32.3 Å². The first-order valence-electron chi connectivity index (χ1n) is 37.5. The van der Waals surface area contributed by atoms with Crippen LogP contribution in [0.25, 0.3) is 33.6 Å². The molecule has 0 amide bonds. The lowest BCUT2D eigenvalue weighted by Gasteiger charge is -2.45. The van der Waals surface area contributed by atoms with E-state index in [1.165, 1.54) is 170 Å². The van der Waals surface area contributed by atoms with Crippen molar-refractivity contribution in [3.8, 4) is 33.6 Å². The lowest BCUT2D eigenvalue weighted by Crippen LogP contribution is -2.61. The number of hydrogen-bond acceptors (Lipinski definition) is 4. The monoisotopic (exact) mass is 1280 g/mol. The Kier molecular flexibility index (Phi) is 16.8. The van der Waals surface area contributed by atoms with Gasteiger partial charge in [0.15, 0.2) is 5.82 Å². The van der Waals surface area contributed by atoms with Crippen molar-refractivity contribution in [2.45, 2.75) is 150 Å². The highest BCUT2D eigenvalue weighted by atomic mass is 15.2. The number of hydrogen-bond donors (Lipinski definition) is 0. The first-order valence-corrected chi connectivity index (χ1v) is 37.5. The smallest absolute Gasteiger partial charge is 0.252 e. The molecule has 12 aromatic rings. The fraction of sp³-hybridized carbons (Fsp3) is 0.255. The second kappa shape index (κ2) is 27.1. The highest BCUT2D eigenvalue weighted by Gasteiger charge is 2.45. The van der Waals surface area contributed by atoms with Crippen molar-refractivity contribution >= 4 is 57.2 Å². The van der Waals surface area contributed by atoms with Gasteiger partial charge in [-0.1, -0.05) is 269 Å². The summed E-state index contributed by atoms with van der Waals surface area (Å²) in [5, 5.41) is 0. The van der Waals surface area contributed by atoms with Gasteiger partial charge in [0.2, 0.25) is 0 Å². The van der Waals surface area contributed by atoms with E-state index in [0.29, 0.717) is 35.5 Å². The van der Waals surface area contributed by atoms with Crippen molar-refractivity contribution in [1.29, 1.82) is 0 Å². The van der Waals surface area contributed by atoms with Crippen molar-refractivity contribution in [2.24, 2.45) is 0 Å². The van der Waals surface area contributed by atoms with Crippen LogP contribution in [-0.2, 0) is 0 Å². The number of anilines is 6. The van der Waals surface area contributed by atoms with Gasteiger partial charge in [-0.3, -0.25) is 0 Å². The maximum atomic E-state index is 6.17. The summed E-state index contributed by atoms with van der Waals surface area (Å²) in [6.07, 6.45) is 19.1. The summed E-state index contributed by atoms with van der Waals surface area (Å²) < 4.78 is 0. The summed E-state index contributed by atoms with van der Waals surface area (Å²) in [7, 11) is 0. The van der Waals surface area contributed by atoms with Crippen molar-refractivity contribution < 1.29 is 0 Å². The molecule has 2 aliphatic heterocycles. The SMILES string of the molecule is c1ccc(-c2ccc(N3c4cc(C5CCCCC5)ccc4B4c5ccc(C6CCCCC6)cc5N(c5ccc(-c6ccccc6)cc5)c5cc(-c6nc(C7CC(c8ccccc8)CC(c8ccccc8)C7)cc(C7CC(c8ccccc8)CC(c8ccccc8)C7)n6)cc3c54)cc2)cc1. The zero-order valence-corrected chi connectivity index (χ0v) is 56.9. The number of benzene rings is 11. The van der Waals surface area contributed by atoms with Crippen LogP contribution >= 0.6 is 0 Å². The van der Waals surface area contributed by atoms with E-state index in [-0.39, 0.29) is 18.5 Å². The predicted octanol–water partition coefficient (Wildman–Crippen LogP) is 23.3. The zero-order valence-electron chi connectivity index (χ0n) is 56.9. The van der Waals surface area contributed by atoms with E-state index in [2.05, 4.69) is 295 Å². The molecule has 99 heavy (non-hydrogen) atoms. The normalized spacial score (nSPS) is 20.7.